The molecule has 0 aliphatic heterocycles. The van der Waals surface area contributed by atoms with Gasteiger partial charge in [0.05, 0.1) is 25.1 Å². The molecule has 0 N–H and O–H groups in total. The molecule has 5 heteroatoms. The number of fused-ring (bicyclic) bond motifs is 5. The van der Waals surface area contributed by atoms with E-state index in [0.29, 0.717) is 28.1 Å². The zero-order chi connectivity index (χ0) is 16.1. The van der Waals surface area contributed by atoms with Gasteiger partial charge in [0.2, 0.25) is 0 Å². The molecule has 2 aromatic heterocycles. The Morgan fingerprint density at radius 1 is 0.957 bits per heavy atom. The molecule has 0 unspecified atom stereocenters. The smallest absolute Gasteiger partial charge is 0.262 e. The molecule has 2 aromatic carbocycles. The molecule has 0 atom stereocenters. The SMILES string of the molecule is COc1ccc2oc3c4ccc(OC)cc4n(C)c(=O)c3c2c1. The van der Waals surface area contributed by atoms with Crippen molar-refractivity contribution < 1.29 is 13.9 Å². The minimum atomic E-state index is -0.104. The van der Waals surface area contributed by atoms with E-state index in [9.17, 15) is 4.79 Å². The van der Waals surface area contributed by atoms with Crippen LogP contribution in [0.1, 0.15) is 0 Å². The molecule has 0 fully saturated rings. The molecule has 0 bridgehead atoms. The number of nitrogens with zero attached hydrogens (tertiary/aromatic N) is 1. The highest BCUT2D eigenvalue weighted by Gasteiger charge is 2.17. The van der Waals surface area contributed by atoms with E-state index >= 15 is 0 Å². The van der Waals surface area contributed by atoms with Crippen LogP contribution in [0.15, 0.2) is 45.6 Å². The normalized spacial score (nSPS) is 11.4. The van der Waals surface area contributed by atoms with E-state index in [0.717, 1.165) is 16.3 Å². The number of hydrogen-bond acceptors (Lipinski definition) is 4. The summed E-state index contributed by atoms with van der Waals surface area (Å²) in [7, 11) is 4.96. The van der Waals surface area contributed by atoms with Gasteiger partial charge in [0.25, 0.3) is 5.56 Å². The lowest BCUT2D eigenvalue weighted by Crippen LogP contribution is -2.16. The minimum Gasteiger partial charge on any atom is -0.497 e. The van der Waals surface area contributed by atoms with Crippen molar-refractivity contribution in [2.75, 3.05) is 14.2 Å². The van der Waals surface area contributed by atoms with Crippen molar-refractivity contribution in [3.05, 3.63) is 46.8 Å². The Balaban J connectivity index is 2.25. The highest BCUT2D eigenvalue weighted by atomic mass is 16.5. The number of hydrogen-bond donors (Lipinski definition) is 0. The summed E-state index contributed by atoms with van der Waals surface area (Å²) in [6.45, 7) is 0. The Labute approximate surface area is 131 Å². The first-order valence-corrected chi connectivity index (χ1v) is 7.21. The molecule has 5 nitrogen and oxygen atoms in total. The van der Waals surface area contributed by atoms with Crippen LogP contribution in [-0.2, 0) is 7.05 Å². The van der Waals surface area contributed by atoms with Gasteiger partial charge in [0.1, 0.15) is 22.7 Å². The predicted molar refractivity (Wildman–Crippen MR) is 89.6 cm³/mol. The third-order valence-electron chi connectivity index (χ3n) is 4.22. The van der Waals surface area contributed by atoms with Crippen LogP contribution in [-0.4, -0.2) is 18.8 Å². The van der Waals surface area contributed by atoms with Gasteiger partial charge in [0.15, 0.2) is 0 Å². The van der Waals surface area contributed by atoms with E-state index in [-0.39, 0.29) is 5.56 Å². The van der Waals surface area contributed by atoms with Gasteiger partial charge in [-0.2, -0.15) is 0 Å². The largest absolute Gasteiger partial charge is 0.497 e. The summed E-state index contributed by atoms with van der Waals surface area (Å²) in [4.78, 5) is 12.8. The van der Waals surface area contributed by atoms with Gasteiger partial charge in [0, 0.05) is 23.9 Å². The van der Waals surface area contributed by atoms with Crippen LogP contribution in [0, 0.1) is 0 Å². The molecule has 23 heavy (non-hydrogen) atoms. The van der Waals surface area contributed by atoms with Gasteiger partial charge in [-0.3, -0.25) is 4.79 Å². The first-order chi connectivity index (χ1) is 11.1. The van der Waals surface area contributed by atoms with Crippen molar-refractivity contribution in [2.45, 2.75) is 0 Å². The first-order valence-electron chi connectivity index (χ1n) is 7.21. The monoisotopic (exact) mass is 309 g/mol. The van der Waals surface area contributed by atoms with Crippen molar-refractivity contribution in [1.82, 2.24) is 4.57 Å². The van der Waals surface area contributed by atoms with E-state index in [1.807, 2.05) is 36.4 Å². The van der Waals surface area contributed by atoms with E-state index in [2.05, 4.69) is 0 Å². The molecule has 0 amide bonds. The Kier molecular flexibility index (Phi) is 2.84. The average Bonchev–Trinajstić information content (AvgIpc) is 2.97. The van der Waals surface area contributed by atoms with Crippen molar-refractivity contribution in [1.29, 1.82) is 0 Å². The average molecular weight is 309 g/mol. The maximum absolute atomic E-state index is 12.8. The standard InChI is InChI=1S/C18H15NO4/c1-19-14-9-11(22-3)4-6-12(14)17-16(18(19)20)13-8-10(21-2)5-7-15(13)23-17/h4-9H,1-3H3. The molecule has 4 aromatic rings. The third-order valence-corrected chi connectivity index (χ3v) is 4.22. The summed E-state index contributed by atoms with van der Waals surface area (Å²) >= 11 is 0. The summed E-state index contributed by atoms with van der Waals surface area (Å²) in [5.41, 5.74) is 1.93. The molecule has 0 saturated heterocycles. The second-order valence-corrected chi connectivity index (χ2v) is 5.42. The van der Waals surface area contributed by atoms with Crippen LogP contribution in [0.25, 0.3) is 32.8 Å². The second-order valence-electron chi connectivity index (χ2n) is 5.42. The van der Waals surface area contributed by atoms with Gasteiger partial charge in [-0.25, -0.2) is 0 Å². The molecular formula is C18H15NO4. The Hall–Kier alpha value is -2.95. The molecule has 0 saturated carbocycles. The Bertz CT molecular complexity index is 1120. The van der Waals surface area contributed by atoms with Crippen molar-refractivity contribution in [3.63, 3.8) is 0 Å². The number of methoxy groups -OCH3 is 2. The highest BCUT2D eigenvalue weighted by Crippen LogP contribution is 2.34. The van der Waals surface area contributed by atoms with Gasteiger partial charge in [-0.05, 0) is 30.3 Å². The summed E-state index contributed by atoms with van der Waals surface area (Å²) < 4.78 is 18.1. The zero-order valence-electron chi connectivity index (χ0n) is 13.0. The molecule has 0 aliphatic rings. The van der Waals surface area contributed by atoms with Crippen molar-refractivity contribution in [2.24, 2.45) is 7.05 Å². The summed E-state index contributed by atoms with van der Waals surface area (Å²) in [6, 6.07) is 11.1. The molecule has 0 aliphatic carbocycles. The van der Waals surface area contributed by atoms with Crippen molar-refractivity contribution in [3.8, 4) is 11.5 Å². The lowest BCUT2D eigenvalue weighted by molar-refractivity contribution is 0.415. The summed E-state index contributed by atoms with van der Waals surface area (Å²) in [5.74, 6) is 1.39. The number of ether oxygens (including phenoxy) is 2. The van der Waals surface area contributed by atoms with Crippen LogP contribution in [0.5, 0.6) is 11.5 Å². The van der Waals surface area contributed by atoms with E-state index in [1.54, 1.807) is 25.8 Å². The summed E-state index contributed by atoms with van der Waals surface area (Å²) in [5, 5.41) is 2.20. The topological polar surface area (TPSA) is 53.6 Å². The predicted octanol–water partition coefficient (Wildman–Crippen LogP) is 3.46. The fourth-order valence-corrected chi connectivity index (χ4v) is 2.99. The van der Waals surface area contributed by atoms with Crippen molar-refractivity contribution >= 4 is 32.8 Å². The third kappa shape index (κ3) is 1.83. The van der Waals surface area contributed by atoms with E-state index < -0.39 is 0 Å². The number of aromatic nitrogens is 1. The Morgan fingerprint density at radius 2 is 1.65 bits per heavy atom. The molecule has 0 spiro atoms. The highest BCUT2D eigenvalue weighted by molar-refractivity contribution is 6.14. The van der Waals surface area contributed by atoms with Crippen LogP contribution in [0.4, 0.5) is 0 Å². The second kappa shape index (κ2) is 4.78. The maximum atomic E-state index is 12.8. The number of benzene rings is 2. The summed E-state index contributed by atoms with van der Waals surface area (Å²) in [6.07, 6.45) is 0. The maximum Gasteiger partial charge on any atom is 0.262 e. The van der Waals surface area contributed by atoms with Crippen LogP contribution >= 0.6 is 0 Å². The zero-order valence-corrected chi connectivity index (χ0v) is 13.0. The fourth-order valence-electron chi connectivity index (χ4n) is 2.99. The number of aryl methyl sites for hydroxylation is 1. The van der Waals surface area contributed by atoms with E-state index in [4.69, 9.17) is 13.9 Å². The molecule has 0 radical (unpaired) electrons. The van der Waals surface area contributed by atoms with Crippen LogP contribution < -0.4 is 15.0 Å². The van der Waals surface area contributed by atoms with Gasteiger partial charge < -0.3 is 18.5 Å². The molecular weight excluding hydrogens is 294 g/mol. The molecule has 4 rings (SSSR count). The van der Waals surface area contributed by atoms with Gasteiger partial charge >= 0.3 is 0 Å². The number of rotatable bonds is 2. The van der Waals surface area contributed by atoms with Gasteiger partial charge in [-0.15, -0.1) is 0 Å². The van der Waals surface area contributed by atoms with Gasteiger partial charge in [-0.1, -0.05) is 0 Å². The van der Waals surface area contributed by atoms with Crippen LogP contribution in [0.3, 0.4) is 0 Å². The lowest BCUT2D eigenvalue weighted by atomic mass is 10.1. The number of furan rings is 1. The number of pyridine rings is 1. The minimum absolute atomic E-state index is 0.104. The molecule has 2 heterocycles. The fraction of sp³-hybridized carbons (Fsp3) is 0.167. The van der Waals surface area contributed by atoms with E-state index in [1.165, 1.54) is 0 Å². The Morgan fingerprint density at radius 3 is 2.39 bits per heavy atom. The quantitative estimate of drug-likeness (QED) is 0.569. The van der Waals surface area contributed by atoms with Crippen LogP contribution in [0.2, 0.25) is 0 Å². The first kappa shape index (κ1) is 13.7. The molecule has 116 valence electrons. The lowest BCUT2D eigenvalue weighted by Gasteiger charge is -2.07.